The molecule has 1 fully saturated rings. The Kier molecular flexibility index (Phi) is 2.52. The van der Waals surface area contributed by atoms with E-state index < -0.39 is 12.0 Å². The highest BCUT2D eigenvalue weighted by atomic mass is 16.4. The topological polar surface area (TPSA) is 83.6 Å². The van der Waals surface area contributed by atoms with E-state index in [4.69, 9.17) is 10.8 Å². The average molecular weight is 172 g/mol. The number of aliphatic carboxylic acids is 1. The summed E-state index contributed by atoms with van der Waals surface area (Å²) >= 11 is 0. The summed E-state index contributed by atoms with van der Waals surface area (Å²) in [6.45, 7) is 0.231. The van der Waals surface area contributed by atoms with Crippen LogP contribution in [0.25, 0.3) is 0 Å². The summed E-state index contributed by atoms with van der Waals surface area (Å²) in [5, 5.41) is 8.37. The van der Waals surface area contributed by atoms with Crippen LogP contribution in [0.5, 0.6) is 0 Å². The van der Waals surface area contributed by atoms with Gasteiger partial charge in [-0.25, -0.2) is 4.79 Å². The Balaban J connectivity index is 2.33. The van der Waals surface area contributed by atoms with Gasteiger partial charge in [0.15, 0.2) is 0 Å². The molecule has 68 valence electrons. The highest BCUT2D eigenvalue weighted by Crippen LogP contribution is 2.26. The van der Waals surface area contributed by atoms with Gasteiger partial charge in [-0.2, -0.15) is 0 Å². The number of nitrogens with zero attached hydrogens (tertiary/aromatic N) is 1. The van der Waals surface area contributed by atoms with Crippen LogP contribution in [0, 0.1) is 0 Å². The van der Waals surface area contributed by atoms with Gasteiger partial charge in [0.1, 0.15) is 0 Å². The SMILES string of the molecule is NC(=O)N(CCC(=O)O)C1CC1. The lowest BCUT2D eigenvalue weighted by molar-refractivity contribution is -0.137. The molecule has 0 radical (unpaired) electrons. The largest absolute Gasteiger partial charge is 0.481 e. The third kappa shape index (κ3) is 2.41. The van der Waals surface area contributed by atoms with Crippen LogP contribution >= 0.6 is 0 Å². The quantitative estimate of drug-likeness (QED) is 0.626. The van der Waals surface area contributed by atoms with Crippen molar-refractivity contribution >= 4 is 12.0 Å². The molecule has 1 aliphatic rings. The van der Waals surface area contributed by atoms with Crippen molar-refractivity contribution in [3.8, 4) is 0 Å². The molecule has 1 aliphatic carbocycles. The maximum Gasteiger partial charge on any atom is 0.315 e. The lowest BCUT2D eigenvalue weighted by Crippen LogP contribution is -2.38. The van der Waals surface area contributed by atoms with Crippen LogP contribution < -0.4 is 5.73 Å². The van der Waals surface area contributed by atoms with E-state index in [1.54, 1.807) is 0 Å². The van der Waals surface area contributed by atoms with Crippen molar-refractivity contribution < 1.29 is 14.7 Å². The standard InChI is InChI=1S/C7H12N2O3/c8-7(12)9(5-1-2-5)4-3-6(10)11/h5H,1-4H2,(H2,8,12)(H,10,11). The van der Waals surface area contributed by atoms with Crippen molar-refractivity contribution in [3.05, 3.63) is 0 Å². The van der Waals surface area contributed by atoms with Gasteiger partial charge in [0, 0.05) is 12.6 Å². The average Bonchev–Trinajstić information content (AvgIpc) is 2.69. The molecule has 5 nitrogen and oxygen atoms in total. The monoisotopic (exact) mass is 172 g/mol. The van der Waals surface area contributed by atoms with Crippen LogP contribution in [0.1, 0.15) is 19.3 Å². The van der Waals surface area contributed by atoms with Gasteiger partial charge in [-0.1, -0.05) is 0 Å². The molecule has 0 atom stereocenters. The molecule has 1 saturated carbocycles. The minimum atomic E-state index is -0.901. The first kappa shape index (κ1) is 8.83. The summed E-state index contributed by atoms with van der Waals surface area (Å²) in [7, 11) is 0. The lowest BCUT2D eigenvalue weighted by Gasteiger charge is -2.18. The molecule has 0 aromatic carbocycles. The molecule has 0 bridgehead atoms. The minimum Gasteiger partial charge on any atom is -0.481 e. The first-order valence-electron chi connectivity index (χ1n) is 3.89. The second kappa shape index (κ2) is 3.42. The van der Waals surface area contributed by atoms with E-state index in [-0.39, 0.29) is 19.0 Å². The molecule has 2 amide bonds. The van der Waals surface area contributed by atoms with Gasteiger partial charge in [-0.15, -0.1) is 0 Å². The van der Waals surface area contributed by atoms with E-state index in [0.29, 0.717) is 0 Å². The summed E-state index contributed by atoms with van der Waals surface area (Å²) in [6, 6.07) is -0.319. The normalized spacial score (nSPS) is 15.7. The van der Waals surface area contributed by atoms with E-state index in [2.05, 4.69) is 0 Å². The summed E-state index contributed by atoms with van der Waals surface area (Å²) < 4.78 is 0. The number of hydrogen-bond acceptors (Lipinski definition) is 2. The van der Waals surface area contributed by atoms with Gasteiger partial charge in [0.05, 0.1) is 6.42 Å². The first-order chi connectivity index (χ1) is 5.61. The van der Waals surface area contributed by atoms with Crippen molar-refractivity contribution in [1.82, 2.24) is 4.90 Å². The molecule has 5 heteroatoms. The van der Waals surface area contributed by atoms with Gasteiger partial charge in [-0.3, -0.25) is 4.79 Å². The Morgan fingerprint density at radius 2 is 2.08 bits per heavy atom. The Morgan fingerprint density at radius 3 is 2.42 bits per heavy atom. The van der Waals surface area contributed by atoms with E-state index >= 15 is 0 Å². The molecule has 0 heterocycles. The third-order valence-electron chi connectivity index (χ3n) is 1.84. The van der Waals surface area contributed by atoms with Crippen LogP contribution in [-0.2, 0) is 4.79 Å². The molecule has 3 N–H and O–H groups in total. The van der Waals surface area contributed by atoms with Gasteiger partial charge in [-0.05, 0) is 12.8 Å². The van der Waals surface area contributed by atoms with Crippen LogP contribution in [0.2, 0.25) is 0 Å². The molecule has 0 unspecified atom stereocenters. The molecule has 0 spiro atoms. The minimum absolute atomic E-state index is 0.0283. The molecule has 0 saturated heterocycles. The van der Waals surface area contributed by atoms with Crippen molar-refractivity contribution in [2.45, 2.75) is 25.3 Å². The number of amides is 2. The van der Waals surface area contributed by atoms with E-state index in [1.165, 1.54) is 4.90 Å². The van der Waals surface area contributed by atoms with Crippen LogP contribution in [0.3, 0.4) is 0 Å². The van der Waals surface area contributed by atoms with Crippen LogP contribution in [-0.4, -0.2) is 34.6 Å². The Bertz CT molecular complexity index is 201. The van der Waals surface area contributed by atoms with Crippen LogP contribution in [0.4, 0.5) is 4.79 Å². The molecule has 12 heavy (non-hydrogen) atoms. The Morgan fingerprint density at radius 1 is 1.50 bits per heavy atom. The zero-order valence-corrected chi connectivity index (χ0v) is 6.69. The van der Waals surface area contributed by atoms with Crippen molar-refractivity contribution in [2.75, 3.05) is 6.54 Å². The van der Waals surface area contributed by atoms with E-state index in [9.17, 15) is 9.59 Å². The second-order valence-corrected chi connectivity index (χ2v) is 2.91. The summed E-state index contributed by atoms with van der Waals surface area (Å²) in [5.41, 5.74) is 5.06. The summed E-state index contributed by atoms with van der Waals surface area (Å²) in [6.07, 6.45) is 1.87. The summed E-state index contributed by atoms with van der Waals surface area (Å²) in [4.78, 5) is 22.4. The first-order valence-corrected chi connectivity index (χ1v) is 3.89. The number of rotatable bonds is 4. The third-order valence-corrected chi connectivity index (χ3v) is 1.84. The molecule has 0 aromatic rings. The number of hydrogen-bond donors (Lipinski definition) is 2. The van der Waals surface area contributed by atoms with E-state index in [1.807, 2.05) is 0 Å². The fraction of sp³-hybridized carbons (Fsp3) is 0.714. The summed E-state index contributed by atoms with van der Waals surface area (Å²) in [5.74, 6) is -0.901. The number of primary amides is 1. The fourth-order valence-electron chi connectivity index (χ4n) is 1.08. The van der Waals surface area contributed by atoms with E-state index in [0.717, 1.165) is 12.8 Å². The number of carboxylic acid groups (broad SMARTS) is 1. The van der Waals surface area contributed by atoms with Crippen molar-refractivity contribution in [2.24, 2.45) is 5.73 Å². The van der Waals surface area contributed by atoms with Crippen molar-refractivity contribution in [1.29, 1.82) is 0 Å². The Labute approximate surface area is 70.1 Å². The maximum absolute atomic E-state index is 10.7. The van der Waals surface area contributed by atoms with Crippen molar-refractivity contribution in [3.63, 3.8) is 0 Å². The smallest absolute Gasteiger partial charge is 0.315 e. The van der Waals surface area contributed by atoms with Gasteiger partial charge in [0.25, 0.3) is 0 Å². The number of carbonyl (C=O) groups is 2. The zero-order chi connectivity index (χ0) is 9.14. The molecular formula is C7H12N2O3. The molecule has 0 aliphatic heterocycles. The number of carboxylic acids is 1. The molecule has 1 rings (SSSR count). The highest BCUT2D eigenvalue weighted by molar-refractivity contribution is 5.74. The van der Waals surface area contributed by atoms with Gasteiger partial charge < -0.3 is 15.7 Å². The number of urea groups is 1. The molecular weight excluding hydrogens is 160 g/mol. The van der Waals surface area contributed by atoms with Gasteiger partial charge in [0.2, 0.25) is 0 Å². The number of carbonyl (C=O) groups excluding carboxylic acids is 1. The Hall–Kier alpha value is -1.26. The maximum atomic E-state index is 10.7. The predicted octanol–water partition coefficient (Wildman–Crippen LogP) is 0.00420. The van der Waals surface area contributed by atoms with Crippen LogP contribution in [0.15, 0.2) is 0 Å². The fourth-order valence-corrected chi connectivity index (χ4v) is 1.08. The number of nitrogens with two attached hydrogens (primary N) is 1. The second-order valence-electron chi connectivity index (χ2n) is 2.91. The van der Waals surface area contributed by atoms with Gasteiger partial charge >= 0.3 is 12.0 Å². The predicted molar refractivity (Wildman–Crippen MR) is 41.6 cm³/mol. The molecule has 0 aromatic heterocycles. The highest BCUT2D eigenvalue weighted by Gasteiger charge is 2.31. The lowest BCUT2D eigenvalue weighted by atomic mass is 10.4. The zero-order valence-electron chi connectivity index (χ0n) is 6.69.